The third-order valence-corrected chi connectivity index (χ3v) is 10.4. The third kappa shape index (κ3) is 6.87. The highest BCUT2D eigenvalue weighted by atomic mass is 16.5. The number of benzene rings is 2. The lowest BCUT2D eigenvalue weighted by atomic mass is 9.42. The summed E-state index contributed by atoms with van der Waals surface area (Å²) in [4.78, 5) is 0. The monoisotopic (exact) mass is 548 g/mol. The van der Waals surface area contributed by atoms with Crippen molar-refractivity contribution >= 4 is 0 Å². The number of hydrogen-bond acceptors (Lipinski definition) is 2. The van der Waals surface area contributed by atoms with Gasteiger partial charge in [-0.05, 0) is 130 Å². The molecule has 0 heterocycles. The van der Waals surface area contributed by atoms with Crippen LogP contribution in [-0.2, 0) is 5.41 Å². The van der Waals surface area contributed by atoms with Crippen molar-refractivity contribution < 1.29 is 20.9 Å². The maximum Gasteiger partial charge on any atom is 0.119 e. The van der Waals surface area contributed by atoms with E-state index in [0.717, 1.165) is 74.3 Å². The quantitative estimate of drug-likeness (QED) is 0.207. The Morgan fingerprint density at radius 2 is 0.875 bits per heavy atom. The second kappa shape index (κ2) is 14.7. The van der Waals surface area contributed by atoms with Crippen molar-refractivity contribution in [3.8, 4) is 11.5 Å². The molecule has 0 aromatic heterocycles. The normalized spacial score (nSPS) is 24.4. The molecular formula is C36H56N2O2+2. The highest BCUT2D eigenvalue weighted by molar-refractivity contribution is 5.47. The summed E-state index contributed by atoms with van der Waals surface area (Å²) in [5, 5.41) is 0. The summed E-state index contributed by atoms with van der Waals surface area (Å²) in [5.74, 6) is 5.44. The molecule has 0 aliphatic heterocycles. The Hall–Kier alpha value is -2.04. The van der Waals surface area contributed by atoms with Gasteiger partial charge in [-0.3, -0.25) is 0 Å². The Morgan fingerprint density at radius 3 is 1.27 bits per heavy atom. The maximum absolute atomic E-state index is 6.17. The van der Waals surface area contributed by atoms with Crippen LogP contribution in [-0.4, -0.2) is 26.3 Å². The van der Waals surface area contributed by atoms with Crippen LogP contribution in [0.1, 0.15) is 107 Å². The first-order chi connectivity index (χ1) is 19.7. The molecule has 4 heteroatoms. The van der Waals surface area contributed by atoms with E-state index in [0.29, 0.717) is 0 Å². The molecule has 6 rings (SSSR count). The molecule has 6 N–H and O–H groups in total. The predicted octanol–water partition coefficient (Wildman–Crippen LogP) is 6.57. The lowest BCUT2D eigenvalue weighted by molar-refractivity contribution is -0.368. The fourth-order valence-corrected chi connectivity index (χ4v) is 8.69. The van der Waals surface area contributed by atoms with Crippen LogP contribution in [0, 0.1) is 23.7 Å². The zero-order chi connectivity index (χ0) is 27.6. The van der Waals surface area contributed by atoms with Gasteiger partial charge in [-0.25, -0.2) is 0 Å². The molecule has 4 bridgehead atoms. The van der Waals surface area contributed by atoms with Crippen molar-refractivity contribution in [2.75, 3.05) is 26.3 Å². The molecule has 0 radical (unpaired) electrons. The fraction of sp³-hybridized carbons (Fsp3) is 0.667. The Morgan fingerprint density at radius 1 is 0.500 bits per heavy atom. The van der Waals surface area contributed by atoms with Gasteiger partial charge in [-0.2, -0.15) is 0 Å². The predicted molar refractivity (Wildman–Crippen MR) is 163 cm³/mol. The number of ether oxygens (including phenoxy) is 2. The standard InChI is InChI=1S/C36H54N2O2/c37-19-7-3-1-5-9-21-39-34-15-11-30(12-16-34)36(32-24-28-23-29(26-32)27-33(36)25-28)31-13-17-35(18-14-31)40-22-10-6-2-4-8-20-38/h11-18,28-29,32-33H,1-10,19-27,37-38H2/p+2. The lowest BCUT2D eigenvalue weighted by Crippen LogP contribution is -2.56. The molecule has 0 atom stereocenters. The zero-order valence-electron chi connectivity index (χ0n) is 25.1. The van der Waals surface area contributed by atoms with Gasteiger partial charge in [0, 0.05) is 5.41 Å². The molecule has 4 aliphatic rings. The average molecular weight is 549 g/mol. The minimum Gasteiger partial charge on any atom is -0.494 e. The first kappa shape index (κ1) is 29.5. The van der Waals surface area contributed by atoms with Crippen molar-refractivity contribution in [2.24, 2.45) is 23.7 Å². The van der Waals surface area contributed by atoms with Gasteiger partial charge in [-0.1, -0.05) is 49.9 Å². The first-order valence-corrected chi connectivity index (χ1v) is 16.8. The molecule has 0 unspecified atom stereocenters. The molecule has 2 aromatic carbocycles. The van der Waals surface area contributed by atoms with Crippen LogP contribution in [0.15, 0.2) is 48.5 Å². The van der Waals surface area contributed by atoms with Gasteiger partial charge < -0.3 is 20.9 Å². The number of rotatable bonds is 18. The summed E-state index contributed by atoms with van der Waals surface area (Å²) in [6.07, 6.45) is 19.5. The molecule has 4 fully saturated rings. The molecule has 2 aromatic rings. The number of quaternary nitrogens is 2. The lowest BCUT2D eigenvalue weighted by Gasteiger charge is -2.62. The van der Waals surface area contributed by atoms with Gasteiger partial charge in [0.25, 0.3) is 0 Å². The second-order valence-electron chi connectivity index (χ2n) is 13.2. The van der Waals surface area contributed by atoms with Crippen molar-refractivity contribution in [1.29, 1.82) is 0 Å². The molecule has 40 heavy (non-hydrogen) atoms. The summed E-state index contributed by atoms with van der Waals surface area (Å²) in [5.41, 5.74) is 11.0. The summed E-state index contributed by atoms with van der Waals surface area (Å²) in [6.45, 7) is 3.76. The van der Waals surface area contributed by atoms with Crippen LogP contribution in [0.25, 0.3) is 0 Å². The van der Waals surface area contributed by atoms with Gasteiger partial charge in [0.05, 0.1) is 26.3 Å². The molecule has 0 saturated heterocycles. The summed E-state index contributed by atoms with van der Waals surface area (Å²) < 4.78 is 12.3. The van der Waals surface area contributed by atoms with E-state index in [9.17, 15) is 0 Å². The van der Waals surface area contributed by atoms with Crippen LogP contribution in [0.5, 0.6) is 11.5 Å². The van der Waals surface area contributed by atoms with Gasteiger partial charge in [0.1, 0.15) is 11.5 Å². The smallest absolute Gasteiger partial charge is 0.119 e. The van der Waals surface area contributed by atoms with E-state index in [4.69, 9.17) is 9.47 Å². The van der Waals surface area contributed by atoms with E-state index in [-0.39, 0.29) is 5.41 Å². The van der Waals surface area contributed by atoms with Crippen molar-refractivity contribution in [1.82, 2.24) is 0 Å². The zero-order valence-corrected chi connectivity index (χ0v) is 25.1. The molecule has 4 nitrogen and oxygen atoms in total. The number of hydrogen-bond donors (Lipinski definition) is 2. The van der Waals surface area contributed by atoms with Crippen LogP contribution >= 0.6 is 0 Å². The van der Waals surface area contributed by atoms with E-state index in [2.05, 4.69) is 60.0 Å². The summed E-state index contributed by atoms with van der Waals surface area (Å²) in [6, 6.07) is 18.6. The Balaban J connectivity index is 1.24. The van der Waals surface area contributed by atoms with Crippen molar-refractivity contribution in [2.45, 2.75) is 102 Å². The van der Waals surface area contributed by atoms with E-state index in [1.54, 1.807) is 0 Å². The van der Waals surface area contributed by atoms with Crippen LogP contribution < -0.4 is 20.9 Å². The van der Waals surface area contributed by atoms with E-state index in [1.165, 1.54) is 94.6 Å². The van der Waals surface area contributed by atoms with Gasteiger partial charge in [-0.15, -0.1) is 0 Å². The maximum atomic E-state index is 6.17. The highest BCUT2D eigenvalue weighted by Gasteiger charge is 2.58. The van der Waals surface area contributed by atoms with E-state index in [1.807, 2.05) is 0 Å². The topological polar surface area (TPSA) is 73.7 Å². The van der Waals surface area contributed by atoms with Gasteiger partial charge in [0.2, 0.25) is 0 Å². The molecule has 0 spiro atoms. The van der Waals surface area contributed by atoms with Crippen LogP contribution in [0.3, 0.4) is 0 Å². The van der Waals surface area contributed by atoms with Crippen molar-refractivity contribution in [3.63, 3.8) is 0 Å². The SMILES string of the molecule is [NH3+]CCCCCCCOc1ccc(C2(c3ccc(OCCCCCCC[NH3+])cc3)C3CC4CC(C3)CC2C4)cc1. The summed E-state index contributed by atoms with van der Waals surface area (Å²) in [7, 11) is 0. The average Bonchev–Trinajstić information content (AvgIpc) is 2.97. The Kier molecular flexibility index (Phi) is 10.8. The third-order valence-electron chi connectivity index (χ3n) is 10.4. The molecule has 0 amide bonds. The van der Waals surface area contributed by atoms with E-state index < -0.39 is 0 Å². The second-order valence-corrected chi connectivity index (χ2v) is 13.2. The molecule has 220 valence electrons. The van der Waals surface area contributed by atoms with Crippen molar-refractivity contribution in [3.05, 3.63) is 59.7 Å². The summed E-state index contributed by atoms with van der Waals surface area (Å²) >= 11 is 0. The first-order valence-electron chi connectivity index (χ1n) is 16.8. The fourth-order valence-electron chi connectivity index (χ4n) is 8.69. The van der Waals surface area contributed by atoms with Crippen LogP contribution in [0.2, 0.25) is 0 Å². The van der Waals surface area contributed by atoms with Crippen LogP contribution in [0.4, 0.5) is 0 Å². The van der Waals surface area contributed by atoms with E-state index >= 15 is 0 Å². The minimum absolute atomic E-state index is 0.132. The Labute approximate surface area is 243 Å². The molecule has 4 aliphatic carbocycles. The molecule has 4 saturated carbocycles. The number of unbranched alkanes of at least 4 members (excludes halogenated alkanes) is 8. The largest absolute Gasteiger partial charge is 0.494 e. The van der Waals surface area contributed by atoms with Gasteiger partial charge in [0.15, 0.2) is 0 Å². The Bertz CT molecular complexity index is 911. The highest BCUT2D eigenvalue weighted by Crippen LogP contribution is 2.65. The van der Waals surface area contributed by atoms with Gasteiger partial charge >= 0.3 is 0 Å². The minimum atomic E-state index is 0.132. The molecular weight excluding hydrogens is 492 g/mol.